The molecule has 0 unspecified atom stereocenters. The fraction of sp³-hybridized carbons (Fsp3) is 0. The number of rotatable bonds is 1. The van der Waals surface area contributed by atoms with Crippen molar-refractivity contribution >= 4 is 56.9 Å². The molecule has 1 nitrogen and oxygen atoms in total. The molecule has 2 aromatic heterocycles. The largest absolute Gasteiger partial charge is 0.398 e. The summed E-state index contributed by atoms with van der Waals surface area (Å²) in [6.07, 6.45) is 0. The Labute approximate surface area is 98.1 Å². The highest BCUT2D eigenvalue weighted by molar-refractivity contribution is 9.11. The summed E-state index contributed by atoms with van der Waals surface area (Å²) in [6, 6.07) is 3.91. The zero-order valence-electron chi connectivity index (χ0n) is 6.45. The van der Waals surface area contributed by atoms with Crippen LogP contribution in [-0.2, 0) is 0 Å². The minimum Gasteiger partial charge on any atom is -0.398 e. The molecule has 0 fully saturated rings. The van der Waals surface area contributed by atoms with Crippen LogP contribution in [0.5, 0.6) is 0 Å². The van der Waals surface area contributed by atoms with Crippen molar-refractivity contribution in [3.05, 3.63) is 21.3 Å². The second-order valence-corrected chi connectivity index (χ2v) is 6.30. The summed E-state index contributed by atoms with van der Waals surface area (Å²) in [7, 11) is 0. The van der Waals surface area contributed by atoms with Crippen molar-refractivity contribution in [3.63, 3.8) is 0 Å². The van der Waals surface area contributed by atoms with E-state index in [2.05, 4.69) is 28.6 Å². The number of hydrogen-bond acceptors (Lipinski definition) is 4. The lowest BCUT2D eigenvalue weighted by atomic mass is 10.3. The van der Waals surface area contributed by atoms with E-state index in [1.165, 1.54) is 0 Å². The summed E-state index contributed by atoms with van der Waals surface area (Å²) in [5.41, 5.74) is 6.65. The maximum absolute atomic E-state index is 5.82. The molecule has 0 saturated heterocycles. The molecule has 0 aliphatic heterocycles. The van der Waals surface area contributed by atoms with Gasteiger partial charge in [0.05, 0.1) is 19.2 Å². The van der Waals surface area contributed by atoms with Crippen molar-refractivity contribution in [2.75, 3.05) is 5.73 Å². The molecule has 68 valence electrons. The van der Waals surface area contributed by atoms with Gasteiger partial charge in [0.1, 0.15) is 0 Å². The molecule has 0 aliphatic carbocycles. The Morgan fingerprint density at radius 3 is 2.62 bits per heavy atom. The van der Waals surface area contributed by atoms with Gasteiger partial charge in [-0.1, -0.05) is 0 Å². The Hall–Kier alpha value is 0.0300. The van der Waals surface area contributed by atoms with Crippen LogP contribution >= 0.6 is 51.2 Å². The lowest BCUT2D eigenvalue weighted by molar-refractivity contribution is 1.60. The van der Waals surface area contributed by atoms with Crippen LogP contribution in [0.3, 0.4) is 0 Å². The molecule has 0 spiro atoms. The summed E-state index contributed by atoms with van der Waals surface area (Å²) >= 11 is 11.1. The van der Waals surface area contributed by atoms with Crippen LogP contribution in [0, 0.1) is 0 Å². The van der Waals surface area contributed by atoms with Crippen LogP contribution in [0.1, 0.15) is 0 Å². The molecule has 0 saturated carbocycles. The van der Waals surface area contributed by atoms with E-state index in [0.717, 1.165) is 24.1 Å². The molecule has 2 N–H and O–H groups in total. The van der Waals surface area contributed by atoms with Crippen molar-refractivity contribution in [1.29, 1.82) is 0 Å². The molecule has 0 atom stereocenters. The first-order valence-corrected chi connectivity index (χ1v) is 6.44. The Morgan fingerprint density at radius 2 is 2.15 bits per heavy atom. The Kier molecular flexibility index (Phi) is 2.69. The summed E-state index contributed by atoms with van der Waals surface area (Å²) in [5.74, 6) is 0. The second kappa shape index (κ2) is 3.65. The van der Waals surface area contributed by atoms with Crippen molar-refractivity contribution < 1.29 is 0 Å². The number of nitrogens with two attached hydrogens (primary N) is 1. The smallest absolute Gasteiger partial charge is 0.0716 e. The summed E-state index contributed by atoms with van der Waals surface area (Å²) in [6.45, 7) is 0. The molecule has 0 aliphatic rings. The monoisotopic (exact) mass is 291 g/mol. The lowest BCUT2D eigenvalue weighted by Gasteiger charge is -1.95. The van der Waals surface area contributed by atoms with Crippen LogP contribution in [0.15, 0.2) is 26.2 Å². The highest BCUT2D eigenvalue weighted by Crippen LogP contribution is 2.42. The number of hydrogen-bond donors (Lipinski definition) is 2. The van der Waals surface area contributed by atoms with Gasteiger partial charge in [0.15, 0.2) is 0 Å². The Morgan fingerprint density at radius 1 is 1.38 bits per heavy atom. The van der Waals surface area contributed by atoms with Gasteiger partial charge in [0, 0.05) is 4.90 Å². The van der Waals surface area contributed by atoms with E-state index in [1.807, 2.05) is 17.5 Å². The van der Waals surface area contributed by atoms with Gasteiger partial charge in [-0.3, -0.25) is 0 Å². The van der Waals surface area contributed by atoms with Gasteiger partial charge in [-0.05, 0) is 33.4 Å². The molecule has 2 aromatic rings. The van der Waals surface area contributed by atoms with Crippen LogP contribution < -0.4 is 5.73 Å². The predicted octanol–water partition coefficient (Wildman–Crippen LogP) is 4.11. The van der Waals surface area contributed by atoms with Gasteiger partial charge in [0.2, 0.25) is 0 Å². The molecule has 5 heteroatoms. The molecule has 0 aromatic carbocycles. The Balaban J connectivity index is 2.58. The normalized spacial score (nSPS) is 10.6. The van der Waals surface area contributed by atoms with Gasteiger partial charge in [0.25, 0.3) is 0 Å². The highest BCUT2D eigenvalue weighted by Gasteiger charge is 2.10. The zero-order valence-corrected chi connectivity index (χ0v) is 10.6. The number of halogens is 1. The van der Waals surface area contributed by atoms with E-state index in [9.17, 15) is 0 Å². The van der Waals surface area contributed by atoms with Crippen molar-refractivity contribution in [2.24, 2.45) is 0 Å². The number of anilines is 1. The fourth-order valence-corrected chi connectivity index (χ4v) is 4.24. The predicted molar refractivity (Wildman–Crippen MR) is 67.0 cm³/mol. The van der Waals surface area contributed by atoms with Crippen LogP contribution in [0.4, 0.5) is 5.69 Å². The van der Waals surface area contributed by atoms with Crippen LogP contribution in [0.25, 0.3) is 9.75 Å². The first-order chi connectivity index (χ1) is 6.18. The third-order valence-electron chi connectivity index (χ3n) is 1.58. The zero-order chi connectivity index (χ0) is 9.42. The molecule has 0 amide bonds. The molecule has 0 bridgehead atoms. The summed E-state index contributed by atoms with van der Waals surface area (Å²) in [5, 5.41) is 1.99. The topological polar surface area (TPSA) is 26.0 Å². The fourth-order valence-electron chi connectivity index (χ4n) is 1.02. The SMILES string of the molecule is Nc1ccsc1-c1sc(Br)cc1S. The molecule has 13 heavy (non-hydrogen) atoms. The average molecular weight is 292 g/mol. The average Bonchev–Trinajstić information content (AvgIpc) is 2.58. The minimum absolute atomic E-state index is 0.828. The van der Waals surface area contributed by atoms with Gasteiger partial charge >= 0.3 is 0 Å². The van der Waals surface area contributed by atoms with E-state index >= 15 is 0 Å². The van der Waals surface area contributed by atoms with Crippen molar-refractivity contribution in [1.82, 2.24) is 0 Å². The molecule has 0 radical (unpaired) electrons. The number of thiophene rings is 2. The third-order valence-corrected chi connectivity index (χ3v) is 4.82. The van der Waals surface area contributed by atoms with Crippen molar-refractivity contribution in [3.8, 4) is 9.75 Å². The second-order valence-electron chi connectivity index (χ2n) is 2.47. The molecular formula is C8H6BrNS3. The van der Waals surface area contributed by atoms with Gasteiger partial charge in [-0.25, -0.2) is 0 Å². The van der Waals surface area contributed by atoms with Gasteiger partial charge in [-0.2, -0.15) is 0 Å². The highest BCUT2D eigenvalue weighted by atomic mass is 79.9. The van der Waals surface area contributed by atoms with E-state index in [0.29, 0.717) is 0 Å². The summed E-state index contributed by atoms with van der Waals surface area (Å²) in [4.78, 5) is 3.23. The molecular weight excluding hydrogens is 286 g/mol. The lowest BCUT2D eigenvalue weighted by Crippen LogP contribution is -1.81. The Bertz CT molecular complexity index is 432. The van der Waals surface area contributed by atoms with E-state index < -0.39 is 0 Å². The molecule has 2 heterocycles. The maximum atomic E-state index is 5.82. The van der Waals surface area contributed by atoms with E-state index in [-0.39, 0.29) is 0 Å². The van der Waals surface area contributed by atoms with Gasteiger partial charge < -0.3 is 5.73 Å². The van der Waals surface area contributed by atoms with E-state index in [1.54, 1.807) is 22.7 Å². The first kappa shape index (κ1) is 9.58. The maximum Gasteiger partial charge on any atom is 0.0716 e. The summed E-state index contributed by atoms with van der Waals surface area (Å²) < 4.78 is 1.08. The third kappa shape index (κ3) is 1.79. The first-order valence-electron chi connectivity index (χ1n) is 3.50. The van der Waals surface area contributed by atoms with E-state index in [4.69, 9.17) is 5.73 Å². The minimum atomic E-state index is 0.828. The standard InChI is InChI=1S/C8H6BrNS3/c9-6-3-5(11)8(13-6)7-4(10)1-2-12-7/h1-3,11H,10H2. The number of thiol groups is 1. The van der Waals surface area contributed by atoms with Crippen LogP contribution in [-0.4, -0.2) is 0 Å². The number of nitrogen functional groups attached to an aromatic ring is 1. The quantitative estimate of drug-likeness (QED) is 0.760. The van der Waals surface area contributed by atoms with Crippen molar-refractivity contribution in [2.45, 2.75) is 4.90 Å². The molecule has 2 rings (SSSR count). The van der Waals surface area contributed by atoms with Crippen LogP contribution in [0.2, 0.25) is 0 Å². The van der Waals surface area contributed by atoms with Gasteiger partial charge in [-0.15, -0.1) is 35.3 Å².